The molecule has 0 spiro atoms. The van der Waals surface area contributed by atoms with Crippen molar-refractivity contribution >= 4 is 0 Å². The number of allylic oxidation sites excluding steroid dienone is 1. The van der Waals surface area contributed by atoms with Gasteiger partial charge >= 0.3 is 0 Å². The Morgan fingerprint density at radius 2 is 1.41 bits per heavy atom. The van der Waals surface area contributed by atoms with E-state index in [1.165, 1.54) is 69.4 Å². The van der Waals surface area contributed by atoms with Gasteiger partial charge in [0.1, 0.15) is 5.75 Å². The minimum absolute atomic E-state index is 0.105. The molecule has 0 radical (unpaired) electrons. The zero-order valence-corrected chi connectivity index (χ0v) is 22.1. The van der Waals surface area contributed by atoms with Gasteiger partial charge in [0.2, 0.25) is 0 Å². The van der Waals surface area contributed by atoms with E-state index in [0.717, 1.165) is 23.8 Å². The highest BCUT2D eigenvalue weighted by Crippen LogP contribution is 2.75. The van der Waals surface area contributed by atoms with E-state index >= 15 is 0 Å². The fourth-order valence-electron chi connectivity index (χ4n) is 10.1. The molecular weight excluding hydrogens is 420 g/mol. The fraction of sp³-hybridized carbons (Fsp3) is 0.742. The second-order valence-corrected chi connectivity index (χ2v) is 13.6. The molecule has 1 aromatic rings. The van der Waals surface area contributed by atoms with E-state index in [1.807, 2.05) is 0 Å². The van der Waals surface area contributed by atoms with Gasteiger partial charge < -0.3 is 15.3 Å². The Kier molecular flexibility index (Phi) is 5.44. The van der Waals surface area contributed by atoms with Gasteiger partial charge in [0, 0.05) is 6.07 Å². The highest BCUT2D eigenvalue weighted by molar-refractivity contribution is 5.48. The average Bonchev–Trinajstić information content (AvgIpc) is 2.77. The lowest BCUT2D eigenvalue weighted by Crippen LogP contribution is -2.64. The molecule has 0 aromatic heterocycles. The maximum absolute atomic E-state index is 10.6. The molecule has 0 unspecified atom stereocenters. The number of rotatable bonds is 2. The second-order valence-electron chi connectivity index (χ2n) is 13.6. The summed E-state index contributed by atoms with van der Waals surface area (Å²) in [5.41, 5.74) is 3.40. The molecule has 4 fully saturated rings. The SMILES string of the molecule is C=C1CCC[C@@]2(C)[C@@H]3CC[C@]4(C)[C@H](Cc5cc(O)c(O)cc5O)[C@@H](C)CC[C@]4(C)[C@@H]3CC[C@]12C. The maximum atomic E-state index is 10.6. The van der Waals surface area contributed by atoms with Crippen LogP contribution in [-0.4, -0.2) is 15.3 Å². The molecule has 0 saturated heterocycles. The third-order valence-corrected chi connectivity index (χ3v) is 12.8. The quantitative estimate of drug-likeness (QED) is 0.235. The Hall–Kier alpha value is -1.64. The molecule has 0 aliphatic heterocycles. The Morgan fingerprint density at radius 3 is 2.15 bits per heavy atom. The van der Waals surface area contributed by atoms with Gasteiger partial charge in [-0.05, 0) is 121 Å². The Morgan fingerprint density at radius 1 is 0.794 bits per heavy atom. The molecule has 8 atom stereocenters. The van der Waals surface area contributed by atoms with Crippen molar-refractivity contribution in [2.24, 2.45) is 45.3 Å². The van der Waals surface area contributed by atoms with Crippen LogP contribution in [0.15, 0.2) is 24.3 Å². The lowest BCUT2D eigenvalue weighted by molar-refractivity contribution is -0.210. The molecule has 4 aliphatic rings. The maximum Gasteiger partial charge on any atom is 0.161 e. The van der Waals surface area contributed by atoms with E-state index in [0.29, 0.717) is 17.3 Å². The summed E-state index contributed by atoms with van der Waals surface area (Å²) in [6.07, 6.45) is 12.3. The molecule has 0 bridgehead atoms. The van der Waals surface area contributed by atoms with E-state index in [9.17, 15) is 15.3 Å². The van der Waals surface area contributed by atoms with Gasteiger partial charge in [-0.15, -0.1) is 0 Å². The first kappa shape index (κ1) is 24.1. The monoisotopic (exact) mass is 466 g/mol. The van der Waals surface area contributed by atoms with Crippen LogP contribution in [0.25, 0.3) is 0 Å². The van der Waals surface area contributed by atoms with Crippen molar-refractivity contribution in [1.29, 1.82) is 0 Å². The van der Waals surface area contributed by atoms with Gasteiger partial charge in [0.25, 0.3) is 0 Å². The van der Waals surface area contributed by atoms with Crippen molar-refractivity contribution in [1.82, 2.24) is 0 Å². The zero-order valence-electron chi connectivity index (χ0n) is 22.1. The van der Waals surface area contributed by atoms with Crippen molar-refractivity contribution in [2.45, 2.75) is 98.8 Å². The molecule has 5 rings (SSSR count). The third-order valence-electron chi connectivity index (χ3n) is 12.8. The Balaban J connectivity index is 1.51. The molecule has 3 N–H and O–H groups in total. The second kappa shape index (κ2) is 7.68. The van der Waals surface area contributed by atoms with Gasteiger partial charge in [0.15, 0.2) is 11.5 Å². The predicted octanol–water partition coefficient (Wildman–Crippen LogP) is 7.98. The van der Waals surface area contributed by atoms with E-state index in [1.54, 1.807) is 6.07 Å². The number of phenolic OH excluding ortho intramolecular Hbond substituents is 3. The summed E-state index contributed by atoms with van der Waals surface area (Å²) in [6, 6.07) is 2.88. The molecule has 1 aromatic carbocycles. The molecule has 4 aliphatic carbocycles. The number of aromatic hydroxyl groups is 3. The van der Waals surface area contributed by atoms with Gasteiger partial charge in [-0.1, -0.05) is 46.8 Å². The van der Waals surface area contributed by atoms with Crippen molar-refractivity contribution in [3.05, 3.63) is 29.8 Å². The van der Waals surface area contributed by atoms with Gasteiger partial charge in [0.05, 0.1) is 0 Å². The Labute approximate surface area is 206 Å². The average molecular weight is 467 g/mol. The molecular formula is C31H46O3. The smallest absolute Gasteiger partial charge is 0.161 e. The van der Waals surface area contributed by atoms with Crippen LogP contribution < -0.4 is 0 Å². The highest BCUT2D eigenvalue weighted by Gasteiger charge is 2.66. The summed E-state index contributed by atoms with van der Waals surface area (Å²) >= 11 is 0. The van der Waals surface area contributed by atoms with Gasteiger partial charge in [-0.2, -0.15) is 0 Å². The predicted molar refractivity (Wildman–Crippen MR) is 138 cm³/mol. The zero-order chi connectivity index (χ0) is 24.7. The van der Waals surface area contributed by atoms with Crippen LogP contribution in [0.2, 0.25) is 0 Å². The van der Waals surface area contributed by atoms with Crippen LogP contribution in [0.5, 0.6) is 17.2 Å². The molecule has 0 heterocycles. The van der Waals surface area contributed by atoms with Gasteiger partial charge in [-0.3, -0.25) is 0 Å². The van der Waals surface area contributed by atoms with Crippen LogP contribution >= 0.6 is 0 Å². The number of hydrogen-bond acceptors (Lipinski definition) is 3. The lowest BCUT2D eigenvalue weighted by Gasteiger charge is -2.71. The number of phenols is 3. The minimum Gasteiger partial charge on any atom is -0.508 e. The summed E-state index contributed by atoms with van der Waals surface area (Å²) in [5.74, 6) is 2.25. The van der Waals surface area contributed by atoms with Crippen LogP contribution in [0, 0.1) is 45.3 Å². The summed E-state index contributed by atoms with van der Waals surface area (Å²) in [7, 11) is 0. The molecule has 34 heavy (non-hydrogen) atoms. The fourth-order valence-corrected chi connectivity index (χ4v) is 10.1. The summed E-state index contributed by atoms with van der Waals surface area (Å²) in [4.78, 5) is 0. The van der Waals surface area contributed by atoms with Crippen LogP contribution in [0.1, 0.15) is 98.0 Å². The molecule has 3 nitrogen and oxygen atoms in total. The normalized spacial score (nSPS) is 46.3. The first-order valence-corrected chi connectivity index (χ1v) is 13.8. The van der Waals surface area contributed by atoms with E-state index in [2.05, 4.69) is 41.2 Å². The molecule has 188 valence electrons. The first-order chi connectivity index (χ1) is 15.9. The summed E-state index contributed by atoms with van der Waals surface area (Å²) in [5, 5.41) is 30.6. The third kappa shape index (κ3) is 3.00. The minimum atomic E-state index is -0.248. The molecule has 4 saturated carbocycles. The van der Waals surface area contributed by atoms with Crippen molar-refractivity contribution in [2.75, 3.05) is 0 Å². The number of hydrogen-bond donors (Lipinski definition) is 3. The van der Waals surface area contributed by atoms with E-state index < -0.39 is 0 Å². The van der Waals surface area contributed by atoms with Crippen molar-refractivity contribution in [3.8, 4) is 17.2 Å². The highest BCUT2D eigenvalue weighted by atomic mass is 16.3. The molecule has 0 amide bonds. The van der Waals surface area contributed by atoms with Crippen LogP contribution in [-0.2, 0) is 6.42 Å². The van der Waals surface area contributed by atoms with Crippen molar-refractivity contribution < 1.29 is 15.3 Å². The van der Waals surface area contributed by atoms with E-state index in [-0.39, 0.29) is 33.5 Å². The first-order valence-electron chi connectivity index (χ1n) is 13.8. The number of fused-ring (bicyclic) bond motifs is 5. The number of benzene rings is 1. The van der Waals surface area contributed by atoms with E-state index in [4.69, 9.17) is 0 Å². The summed E-state index contributed by atoms with van der Waals surface area (Å²) < 4.78 is 0. The Bertz CT molecular complexity index is 999. The van der Waals surface area contributed by atoms with Gasteiger partial charge in [-0.25, -0.2) is 0 Å². The van der Waals surface area contributed by atoms with Crippen LogP contribution in [0.4, 0.5) is 0 Å². The molecule has 3 heteroatoms. The lowest BCUT2D eigenvalue weighted by atomic mass is 9.33. The van der Waals surface area contributed by atoms with Crippen LogP contribution in [0.3, 0.4) is 0 Å². The standard InChI is InChI=1S/C31H46O3/c1-19-9-13-30(5)23-10-14-28(3)20(2)8-7-12-29(28,4)22(23)11-15-31(30,6)24(19)16-21-17-26(33)27(34)18-25(21)32/h17-19,22-24,32-34H,2,7-16H2,1,3-6H3/t19-,22+,23+,24+,28+,29-,30+,31+/m0/s1. The van der Waals surface area contributed by atoms with Crippen molar-refractivity contribution in [3.63, 3.8) is 0 Å². The topological polar surface area (TPSA) is 60.7 Å². The largest absolute Gasteiger partial charge is 0.508 e. The summed E-state index contributed by atoms with van der Waals surface area (Å²) in [6.45, 7) is 17.3.